The molecule has 3 heterocycles. The van der Waals surface area contributed by atoms with Crippen LogP contribution in [-0.4, -0.2) is 41.8 Å². The van der Waals surface area contributed by atoms with Gasteiger partial charge in [-0.25, -0.2) is 0 Å². The van der Waals surface area contributed by atoms with Gasteiger partial charge >= 0.3 is 0 Å². The minimum Gasteiger partial charge on any atom is -0.496 e. The van der Waals surface area contributed by atoms with Crippen molar-refractivity contribution in [3.8, 4) is 5.75 Å². The number of ether oxygens (including phenoxy) is 1. The van der Waals surface area contributed by atoms with Crippen LogP contribution in [0.1, 0.15) is 40.0 Å². The molecule has 3 aliphatic rings. The van der Waals surface area contributed by atoms with Crippen molar-refractivity contribution >= 4 is 11.8 Å². The van der Waals surface area contributed by atoms with E-state index in [9.17, 15) is 9.59 Å². The van der Waals surface area contributed by atoms with Crippen LogP contribution in [0.25, 0.3) is 0 Å². The number of nitrogens with zero attached hydrogens (tertiary/aromatic N) is 2. The average Bonchev–Trinajstić information content (AvgIpc) is 2.90. The summed E-state index contributed by atoms with van der Waals surface area (Å²) in [7, 11) is 1.67. The van der Waals surface area contributed by atoms with Crippen molar-refractivity contribution in [1.29, 1.82) is 0 Å². The van der Waals surface area contributed by atoms with E-state index >= 15 is 0 Å². The van der Waals surface area contributed by atoms with Crippen molar-refractivity contribution in [2.24, 2.45) is 0 Å². The van der Waals surface area contributed by atoms with E-state index in [1.807, 2.05) is 48.2 Å². The van der Waals surface area contributed by atoms with Gasteiger partial charge in [-0.05, 0) is 36.6 Å². The second kappa shape index (κ2) is 5.10. The SMILES string of the molecule is COc1cccc2c1CCN1C(=O)[C@]3(C)c4ccccc4C(=O)N3C[C@H]21. The molecule has 5 nitrogen and oxygen atoms in total. The van der Waals surface area contributed by atoms with Crippen LogP contribution in [0.3, 0.4) is 0 Å². The molecular formula is C21H20N2O3. The van der Waals surface area contributed by atoms with Gasteiger partial charge in [0.15, 0.2) is 0 Å². The first-order chi connectivity index (χ1) is 12.6. The highest BCUT2D eigenvalue weighted by atomic mass is 16.5. The summed E-state index contributed by atoms with van der Waals surface area (Å²) in [6.07, 6.45) is 0.771. The van der Waals surface area contributed by atoms with Crippen LogP contribution < -0.4 is 4.74 Å². The minimum absolute atomic E-state index is 0.0144. The monoisotopic (exact) mass is 348 g/mol. The largest absolute Gasteiger partial charge is 0.496 e. The van der Waals surface area contributed by atoms with Crippen molar-refractivity contribution in [2.75, 3.05) is 20.2 Å². The van der Waals surface area contributed by atoms with Crippen molar-refractivity contribution in [3.05, 3.63) is 64.7 Å². The molecule has 2 atom stereocenters. The Labute approximate surface area is 152 Å². The number of amides is 2. The van der Waals surface area contributed by atoms with Gasteiger partial charge in [0.05, 0.1) is 13.2 Å². The number of piperazine rings is 1. The Morgan fingerprint density at radius 3 is 2.73 bits per heavy atom. The van der Waals surface area contributed by atoms with Gasteiger partial charge in [-0.15, -0.1) is 0 Å². The van der Waals surface area contributed by atoms with Crippen LogP contribution in [0.15, 0.2) is 42.5 Å². The van der Waals surface area contributed by atoms with E-state index in [2.05, 4.69) is 6.07 Å². The quantitative estimate of drug-likeness (QED) is 0.796. The molecule has 0 saturated carbocycles. The zero-order valence-corrected chi connectivity index (χ0v) is 14.9. The number of carbonyl (C=O) groups is 2. The molecular weight excluding hydrogens is 328 g/mol. The summed E-state index contributed by atoms with van der Waals surface area (Å²) in [6, 6.07) is 13.3. The third-order valence-electron chi connectivity index (χ3n) is 6.23. The molecule has 1 fully saturated rings. The summed E-state index contributed by atoms with van der Waals surface area (Å²) in [5, 5.41) is 0. The first kappa shape index (κ1) is 15.4. The number of fused-ring (bicyclic) bond motifs is 6. The molecule has 0 aliphatic carbocycles. The number of hydrogen-bond donors (Lipinski definition) is 0. The van der Waals surface area contributed by atoms with Crippen LogP contribution in [0, 0.1) is 0 Å². The summed E-state index contributed by atoms with van der Waals surface area (Å²) in [6.45, 7) is 3.04. The molecule has 0 N–H and O–H groups in total. The van der Waals surface area contributed by atoms with Gasteiger partial charge in [-0.1, -0.05) is 30.3 Å². The maximum atomic E-state index is 13.5. The maximum Gasteiger partial charge on any atom is 0.255 e. The number of methoxy groups -OCH3 is 1. The molecule has 132 valence electrons. The molecule has 5 heteroatoms. The highest BCUT2D eigenvalue weighted by molar-refractivity contribution is 6.07. The maximum absolute atomic E-state index is 13.5. The smallest absolute Gasteiger partial charge is 0.255 e. The standard InChI is InChI=1S/C21H20N2O3/c1-21-16-8-4-3-6-15(16)19(24)23(21)12-17-13-7-5-9-18(26-2)14(13)10-11-22(17)20(21)25/h3-9,17H,10-12H2,1-2H3/t17-,21+/m1/s1. The van der Waals surface area contributed by atoms with Gasteiger partial charge < -0.3 is 14.5 Å². The van der Waals surface area contributed by atoms with Crippen molar-refractivity contribution < 1.29 is 14.3 Å². The molecule has 0 bridgehead atoms. The summed E-state index contributed by atoms with van der Waals surface area (Å²) in [5.74, 6) is 0.825. The molecule has 2 amide bonds. The fraction of sp³-hybridized carbons (Fsp3) is 0.333. The molecule has 0 unspecified atom stereocenters. The van der Waals surface area contributed by atoms with Gasteiger partial charge in [-0.2, -0.15) is 0 Å². The van der Waals surface area contributed by atoms with Crippen molar-refractivity contribution in [1.82, 2.24) is 9.80 Å². The number of hydrogen-bond acceptors (Lipinski definition) is 3. The number of rotatable bonds is 1. The zero-order chi connectivity index (χ0) is 18.1. The lowest BCUT2D eigenvalue weighted by Crippen LogP contribution is -2.63. The Morgan fingerprint density at radius 2 is 1.92 bits per heavy atom. The van der Waals surface area contributed by atoms with Gasteiger partial charge in [0.1, 0.15) is 11.3 Å². The highest BCUT2D eigenvalue weighted by Gasteiger charge is 2.58. The van der Waals surface area contributed by atoms with E-state index in [1.165, 1.54) is 0 Å². The van der Waals surface area contributed by atoms with E-state index in [0.717, 1.165) is 28.9 Å². The van der Waals surface area contributed by atoms with E-state index in [1.54, 1.807) is 12.0 Å². The zero-order valence-electron chi connectivity index (χ0n) is 14.9. The third kappa shape index (κ3) is 1.70. The highest BCUT2D eigenvalue weighted by Crippen LogP contribution is 2.48. The van der Waals surface area contributed by atoms with Gasteiger partial charge in [0.2, 0.25) is 0 Å². The van der Waals surface area contributed by atoms with E-state index in [-0.39, 0.29) is 17.9 Å². The lowest BCUT2D eigenvalue weighted by atomic mass is 9.82. The molecule has 0 spiro atoms. The normalized spacial score (nSPS) is 26.2. The lowest BCUT2D eigenvalue weighted by Gasteiger charge is -2.50. The summed E-state index contributed by atoms with van der Waals surface area (Å²) < 4.78 is 5.51. The first-order valence-corrected chi connectivity index (χ1v) is 8.95. The van der Waals surface area contributed by atoms with Crippen molar-refractivity contribution in [3.63, 3.8) is 0 Å². The Kier molecular flexibility index (Phi) is 3.03. The van der Waals surface area contributed by atoms with Gasteiger partial charge in [-0.3, -0.25) is 9.59 Å². The van der Waals surface area contributed by atoms with E-state index in [0.29, 0.717) is 18.7 Å². The summed E-state index contributed by atoms with van der Waals surface area (Å²) in [4.78, 5) is 30.3. The molecule has 5 rings (SSSR count). The number of benzene rings is 2. The summed E-state index contributed by atoms with van der Waals surface area (Å²) in [5.41, 5.74) is 2.81. The summed E-state index contributed by atoms with van der Waals surface area (Å²) >= 11 is 0. The van der Waals surface area contributed by atoms with E-state index in [4.69, 9.17) is 4.74 Å². The lowest BCUT2D eigenvalue weighted by molar-refractivity contribution is -0.153. The average molecular weight is 348 g/mol. The predicted molar refractivity (Wildman–Crippen MR) is 96.0 cm³/mol. The molecule has 26 heavy (non-hydrogen) atoms. The molecule has 0 aromatic heterocycles. The Hall–Kier alpha value is -2.82. The van der Waals surface area contributed by atoms with E-state index < -0.39 is 5.54 Å². The van der Waals surface area contributed by atoms with Crippen LogP contribution in [-0.2, 0) is 16.8 Å². The number of carbonyl (C=O) groups excluding carboxylic acids is 2. The molecule has 2 aromatic rings. The Bertz CT molecular complexity index is 954. The second-order valence-electron chi connectivity index (χ2n) is 7.33. The molecule has 1 saturated heterocycles. The predicted octanol–water partition coefficient (Wildman–Crippen LogP) is 2.51. The first-order valence-electron chi connectivity index (χ1n) is 8.95. The minimum atomic E-state index is -0.902. The van der Waals surface area contributed by atoms with Crippen LogP contribution in [0.4, 0.5) is 0 Å². The van der Waals surface area contributed by atoms with Gasteiger partial charge in [0, 0.05) is 24.2 Å². The molecule has 2 aromatic carbocycles. The molecule has 3 aliphatic heterocycles. The topological polar surface area (TPSA) is 49.9 Å². The van der Waals surface area contributed by atoms with Crippen molar-refractivity contribution in [2.45, 2.75) is 24.9 Å². The van der Waals surface area contributed by atoms with Crippen LogP contribution in [0.5, 0.6) is 5.75 Å². The van der Waals surface area contributed by atoms with Crippen LogP contribution in [0.2, 0.25) is 0 Å². The Balaban J connectivity index is 1.65. The van der Waals surface area contributed by atoms with Crippen LogP contribution >= 0.6 is 0 Å². The third-order valence-corrected chi connectivity index (χ3v) is 6.23. The fourth-order valence-electron chi connectivity index (χ4n) is 4.89. The Morgan fingerprint density at radius 1 is 1.12 bits per heavy atom. The second-order valence-corrected chi connectivity index (χ2v) is 7.33. The molecule has 0 radical (unpaired) electrons. The van der Waals surface area contributed by atoms with Gasteiger partial charge in [0.25, 0.3) is 11.8 Å². The fourth-order valence-corrected chi connectivity index (χ4v) is 4.89.